The highest BCUT2D eigenvalue weighted by atomic mass is 19.1. The Kier molecular flexibility index (Phi) is 6.04. The summed E-state index contributed by atoms with van der Waals surface area (Å²) in [5.74, 6) is 5.19. The molecule has 1 rings (SSSR count). The smallest absolute Gasteiger partial charge is 0.252 e. The molecule has 0 unspecified atom stereocenters. The number of carbonyl (C=O) groups excluding carboxylic acids is 1. The van der Waals surface area contributed by atoms with E-state index < -0.39 is 5.82 Å². The zero-order chi connectivity index (χ0) is 14.3. The van der Waals surface area contributed by atoms with E-state index in [2.05, 4.69) is 31.0 Å². The minimum absolute atomic E-state index is 0.200. The predicted octanol–water partition coefficient (Wildman–Crippen LogP) is 1.91. The summed E-state index contributed by atoms with van der Waals surface area (Å²) < 4.78 is 13.2. The Morgan fingerprint density at radius 3 is 2.84 bits per heavy atom. The molecule has 0 atom stereocenters. The SMILES string of the molecule is CC(C)CCNC(=O)c1cc(F)ccc1C#CCN. The van der Waals surface area contributed by atoms with Crippen LogP contribution in [-0.4, -0.2) is 19.0 Å². The molecule has 0 aliphatic rings. The van der Waals surface area contributed by atoms with Crippen LogP contribution in [0.1, 0.15) is 36.2 Å². The summed E-state index contributed by atoms with van der Waals surface area (Å²) in [7, 11) is 0. The van der Waals surface area contributed by atoms with Gasteiger partial charge in [0.25, 0.3) is 5.91 Å². The molecule has 0 aliphatic heterocycles. The fourth-order valence-electron chi connectivity index (χ4n) is 1.53. The van der Waals surface area contributed by atoms with Crippen LogP contribution in [0.2, 0.25) is 0 Å². The third-order valence-corrected chi connectivity index (χ3v) is 2.56. The summed E-state index contributed by atoms with van der Waals surface area (Å²) in [5.41, 5.74) is 6.05. The van der Waals surface area contributed by atoms with Gasteiger partial charge < -0.3 is 11.1 Å². The van der Waals surface area contributed by atoms with Crippen molar-refractivity contribution in [3.8, 4) is 11.8 Å². The zero-order valence-electron chi connectivity index (χ0n) is 11.3. The molecular weight excluding hydrogens is 243 g/mol. The van der Waals surface area contributed by atoms with Crippen molar-refractivity contribution >= 4 is 5.91 Å². The number of nitrogens with two attached hydrogens (primary N) is 1. The number of hydrogen-bond donors (Lipinski definition) is 2. The lowest BCUT2D eigenvalue weighted by atomic mass is 10.1. The Morgan fingerprint density at radius 1 is 1.47 bits per heavy atom. The van der Waals surface area contributed by atoms with E-state index in [1.165, 1.54) is 18.2 Å². The second kappa shape index (κ2) is 7.55. The van der Waals surface area contributed by atoms with Crippen molar-refractivity contribution in [3.05, 3.63) is 35.1 Å². The van der Waals surface area contributed by atoms with Crippen molar-refractivity contribution in [2.24, 2.45) is 11.7 Å². The van der Waals surface area contributed by atoms with Gasteiger partial charge in [-0.3, -0.25) is 4.79 Å². The summed E-state index contributed by atoms with van der Waals surface area (Å²) in [6, 6.07) is 3.98. The average molecular weight is 262 g/mol. The van der Waals surface area contributed by atoms with Gasteiger partial charge in [-0.15, -0.1) is 0 Å². The van der Waals surface area contributed by atoms with Gasteiger partial charge in [0.1, 0.15) is 5.82 Å². The van der Waals surface area contributed by atoms with Crippen molar-refractivity contribution in [1.82, 2.24) is 5.32 Å². The zero-order valence-corrected chi connectivity index (χ0v) is 11.3. The van der Waals surface area contributed by atoms with E-state index in [4.69, 9.17) is 5.73 Å². The number of carbonyl (C=O) groups is 1. The molecule has 0 aliphatic carbocycles. The highest BCUT2D eigenvalue weighted by Gasteiger charge is 2.11. The third-order valence-electron chi connectivity index (χ3n) is 2.56. The minimum atomic E-state index is -0.452. The lowest BCUT2D eigenvalue weighted by Gasteiger charge is -2.08. The molecule has 0 aromatic heterocycles. The molecule has 3 nitrogen and oxygen atoms in total. The van der Waals surface area contributed by atoms with Crippen LogP contribution in [0.15, 0.2) is 18.2 Å². The molecule has 0 saturated carbocycles. The van der Waals surface area contributed by atoms with Crippen LogP contribution >= 0.6 is 0 Å². The lowest BCUT2D eigenvalue weighted by molar-refractivity contribution is 0.0951. The molecule has 4 heteroatoms. The first-order valence-electron chi connectivity index (χ1n) is 6.31. The normalized spacial score (nSPS) is 9.95. The first-order chi connectivity index (χ1) is 9.04. The quantitative estimate of drug-likeness (QED) is 0.814. The summed E-state index contributed by atoms with van der Waals surface area (Å²) >= 11 is 0. The average Bonchev–Trinajstić information content (AvgIpc) is 2.36. The molecular formula is C15H19FN2O. The molecule has 102 valence electrons. The van der Waals surface area contributed by atoms with Gasteiger partial charge in [0.15, 0.2) is 0 Å². The number of nitrogens with one attached hydrogen (secondary N) is 1. The van der Waals surface area contributed by atoms with Gasteiger partial charge in [-0.05, 0) is 30.5 Å². The number of hydrogen-bond acceptors (Lipinski definition) is 2. The lowest BCUT2D eigenvalue weighted by Crippen LogP contribution is -2.26. The highest BCUT2D eigenvalue weighted by molar-refractivity contribution is 5.96. The fraction of sp³-hybridized carbons (Fsp3) is 0.400. The first kappa shape index (κ1) is 15.2. The van der Waals surface area contributed by atoms with Crippen molar-refractivity contribution in [3.63, 3.8) is 0 Å². The molecule has 0 radical (unpaired) electrons. The Balaban J connectivity index is 2.85. The van der Waals surface area contributed by atoms with Crippen molar-refractivity contribution in [2.75, 3.05) is 13.1 Å². The largest absolute Gasteiger partial charge is 0.352 e. The Labute approximate surface area is 113 Å². The Bertz CT molecular complexity index is 501. The number of rotatable bonds is 4. The van der Waals surface area contributed by atoms with Gasteiger partial charge in [0, 0.05) is 12.1 Å². The van der Waals surface area contributed by atoms with E-state index in [1.54, 1.807) is 0 Å². The maximum atomic E-state index is 13.2. The second-order valence-corrected chi connectivity index (χ2v) is 4.63. The molecule has 0 saturated heterocycles. The molecule has 0 fully saturated rings. The van der Waals surface area contributed by atoms with Crippen LogP contribution < -0.4 is 11.1 Å². The minimum Gasteiger partial charge on any atom is -0.352 e. The van der Waals surface area contributed by atoms with Gasteiger partial charge in [-0.2, -0.15) is 0 Å². The van der Waals surface area contributed by atoms with Gasteiger partial charge >= 0.3 is 0 Å². The van der Waals surface area contributed by atoms with Crippen LogP contribution in [0, 0.1) is 23.6 Å². The van der Waals surface area contributed by atoms with Crippen LogP contribution in [-0.2, 0) is 0 Å². The highest BCUT2D eigenvalue weighted by Crippen LogP contribution is 2.10. The maximum Gasteiger partial charge on any atom is 0.252 e. The van der Waals surface area contributed by atoms with E-state index in [1.807, 2.05) is 0 Å². The van der Waals surface area contributed by atoms with E-state index >= 15 is 0 Å². The molecule has 0 spiro atoms. The molecule has 3 N–H and O–H groups in total. The summed E-state index contributed by atoms with van der Waals surface area (Å²) in [6.07, 6.45) is 0.880. The van der Waals surface area contributed by atoms with E-state index in [-0.39, 0.29) is 18.0 Å². The van der Waals surface area contributed by atoms with E-state index in [0.717, 1.165) is 6.42 Å². The predicted molar refractivity (Wildman–Crippen MR) is 74.1 cm³/mol. The first-order valence-corrected chi connectivity index (χ1v) is 6.31. The van der Waals surface area contributed by atoms with Crippen LogP contribution in [0.3, 0.4) is 0 Å². The van der Waals surface area contributed by atoms with Crippen LogP contribution in [0.25, 0.3) is 0 Å². The number of benzene rings is 1. The summed E-state index contributed by atoms with van der Waals surface area (Å²) in [4.78, 5) is 12.0. The van der Waals surface area contributed by atoms with Crippen molar-refractivity contribution in [2.45, 2.75) is 20.3 Å². The van der Waals surface area contributed by atoms with Crippen molar-refractivity contribution < 1.29 is 9.18 Å². The van der Waals surface area contributed by atoms with Gasteiger partial charge in [-0.25, -0.2) is 4.39 Å². The van der Waals surface area contributed by atoms with Gasteiger partial charge in [0.05, 0.1) is 12.1 Å². The number of halogens is 1. The fourth-order valence-corrected chi connectivity index (χ4v) is 1.53. The Hall–Kier alpha value is -1.86. The molecule has 1 amide bonds. The molecule has 1 aromatic carbocycles. The second-order valence-electron chi connectivity index (χ2n) is 4.63. The van der Waals surface area contributed by atoms with Gasteiger partial charge in [-0.1, -0.05) is 25.7 Å². The molecule has 19 heavy (non-hydrogen) atoms. The van der Waals surface area contributed by atoms with Crippen molar-refractivity contribution in [1.29, 1.82) is 0 Å². The van der Waals surface area contributed by atoms with Crippen LogP contribution in [0.4, 0.5) is 4.39 Å². The Morgan fingerprint density at radius 2 is 2.21 bits per heavy atom. The molecule has 1 aromatic rings. The third kappa shape index (κ3) is 5.11. The topological polar surface area (TPSA) is 55.1 Å². The van der Waals surface area contributed by atoms with E-state index in [9.17, 15) is 9.18 Å². The standard InChI is InChI=1S/C15H19FN2O/c1-11(2)7-9-18-15(19)14-10-13(16)6-5-12(14)4-3-8-17/h5-6,10-11H,7-9,17H2,1-2H3,(H,18,19). The molecule has 0 heterocycles. The van der Waals surface area contributed by atoms with Crippen LogP contribution in [0.5, 0.6) is 0 Å². The van der Waals surface area contributed by atoms with Gasteiger partial charge in [0.2, 0.25) is 0 Å². The maximum absolute atomic E-state index is 13.2. The van der Waals surface area contributed by atoms with E-state index in [0.29, 0.717) is 18.0 Å². The molecule has 0 bridgehead atoms. The monoisotopic (exact) mass is 262 g/mol. The summed E-state index contributed by atoms with van der Waals surface area (Å²) in [5, 5.41) is 2.77. The number of amides is 1. The summed E-state index contributed by atoms with van der Waals surface area (Å²) in [6.45, 7) is 4.92.